The van der Waals surface area contributed by atoms with Crippen LogP contribution in [0, 0.1) is 5.41 Å². The smallest absolute Gasteiger partial charge is 0.0738 e. The van der Waals surface area contributed by atoms with Gasteiger partial charge in [0.05, 0.1) is 18.5 Å². The average Bonchev–Trinajstić information content (AvgIpc) is 3.00. The summed E-state index contributed by atoms with van der Waals surface area (Å²) >= 11 is 0. The zero-order chi connectivity index (χ0) is 16.5. The lowest BCUT2D eigenvalue weighted by Crippen LogP contribution is -2.30. The van der Waals surface area contributed by atoms with Crippen LogP contribution in [0.25, 0.3) is 0 Å². The molecule has 0 aliphatic carbocycles. The molecule has 0 radical (unpaired) electrons. The fourth-order valence-electron chi connectivity index (χ4n) is 2.41. The van der Waals surface area contributed by atoms with E-state index in [2.05, 4.69) is 48.5 Å². The molecule has 0 unspecified atom stereocenters. The Hall–Kier alpha value is -1.72. The first-order valence-electron chi connectivity index (χ1n) is 8.30. The van der Waals surface area contributed by atoms with Crippen LogP contribution in [0.15, 0.2) is 36.5 Å². The molecule has 23 heavy (non-hydrogen) atoms. The van der Waals surface area contributed by atoms with Crippen molar-refractivity contribution in [3.8, 4) is 0 Å². The van der Waals surface area contributed by atoms with Crippen molar-refractivity contribution in [2.75, 3.05) is 13.2 Å². The number of aryl methyl sites for hydroxylation is 1. The first-order valence-corrected chi connectivity index (χ1v) is 8.30. The summed E-state index contributed by atoms with van der Waals surface area (Å²) in [6, 6.07) is 10.3. The second-order valence-corrected chi connectivity index (χ2v) is 6.60. The van der Waals surface area contributed by atoms with E-state index in [9.17, 15) is 0 Å². The minimum absolute atomic E-state index is 0.196. The van der Waals surface area contributed by atoms with Gasteiger partial charge in [-0.05, 0) is 24.3 Å². The van der Waals surface area contributed by atoms with Crippen molar-refractivity contribution in [1.29, 1.82) is 0 Å². The number of nitrogens with zero attached hydrogens (tertiary/aromatic N) is 3. The highest BCUT2D eigenvalue weighted by molar-refractivity contribution is 5.13. The molecule has 1 aromatic heterocycles. The van der Waals surface area contributed by atoms with Gasteiger partial charge in [0.1, 0.15) is 0 Å². The van der Waals surface area contributed by atoms with Gasteiger partial charge in [0.25, 0.3) is 0 Å². The molecule has 0 aliphatic rings. The SMILES string of the molecule is CCn1nncc1CNCC(C)(C)CCOCc1ccccc1. The highest BCUT2D eigenvalue weighted by atomic mass is 16.5. The van der Waals surface area contributed by atoms with Crippen LogP contribution in [0.1, 0.15) is 38.4 Å². The first kappa shape index (κ1) is 17.6. The van der Waals surface area contributed by atoms with E-state index in [0.717, 1.165) is 38.4 Å². The molecule has 2 aromatic rings. The van der Waals surface area contributed by atoms with E-state index >= 15 is 0 Å². The normalized spacial score (nSPS) is 11.8. The van der Waals surface area contributed by atoms with Gasteiger partial charge in [-0.1, -0.05) is 49.4 Å². The van der Waals surface area contributed by atoms with E-state index in [0.29, 0.717) is 6.61 Å². The van der Waals surface area contributed by atoms with Crippen LogP contribution < -0.4 is 5.32 Å². The molecule has 5 heteroatoms. The molecular formula is C18H28N4O. The van der Waals surface area contributed by atoms with Crippen LogP contribution in [0.5, 0.6) is 0 Å². The van der Waals surface area contributed by atoms with Gasteiger partial charge >= 0.3 is 0 Å². The Morgan fingerprint density at radius 2 is 2.00 bits per heavy atom. The predicted octanol–water partition coefficient (Wildman–Crippen LogP) is 3.02. The summed E-state index contributed by atoms with van der Waals surface area (Å²) in [5, 5.41) is 11.5. The maximum atomic E-state index is 5.79. The van der Waals surface area contributed by atoms with E-state index in [4.69, 9.17) is 4.74 Å². The Labute approximate surface area is 139 Å². The van der Waals surface area contributed by atoms with E-state index in [1.807, 2.05) is 29.1 Å². The van der Waals surface area contributed by atoms with E-state index in [-0.39, 0.29) is 5.41 Å². The van der Waals surface area contributed by atoms with E-state index < -0.39 is 0 Å². The van der Waals surface area contributed by atoms with Crippen molar-refractivity contribution in [3.05, 3.63) is 47.8 Å². The van der Waals surface area contributed by atoms with Gasteiger partial charge in [0.2, 0.25) is 0 Å². The van der Waals surface area contributed by atoms with Crippen LogP contribution in [0.2, 0.25) is 0 Å². The van der Waals surface area contributed by atoms with Crippen molar-refractivity contribution in [3.63, 3.8) is 0 Å². The summed E-state index contributed by atoms with van der Waals surface area (Å²) in [5.41, 5.74) is 2.55. The molecule has 1 heterocycles. The van der Waals surface area contributed by atoms with E-state index in [1.165, 1.54) is 5.56 Å². The fraction of sp³-hybridized carbons (Fsp3) is 0.556. The lowest BCUT2D eigenvalue weighted by molar-refractivity contribution is 0.0916. The molecule has 0 amide bonds. The molecule has 126 valence electrons. The lowest BCUT2D eigenvalue weighted by Gasteiger charge is -2.25. The largest absolute Gasteiger partial charge is 0.377 e. The lowest BCUT2D eigenvalue weighted by atomic mass is 9.90. The first-order chi connectivity index (χ1) is 11.1. The quantitative estimate of drug-likeness (QED) is 0.685. The molecule has 0 saturated heterocycles. The molecule has 5 nitrogen and oxygen atoms in total. The number of nitrogens with one attached hydrogen (secondary N) is 1. The van der Waals surface area contributed by atoms with Crippen molar-refractivity contribution in [2.45, 2.75) is 46.9 Å². The number of benzene rings is 1. The Morgan fingerprint density at radius 3 is 2.74 bits per heavy atom. The minimum Gasteiger partial charge on any atom is -0.377 e. The van der Waals surface area contributed by atoms with Crippen LogP contribution in [0.3, 0.4) is 0 Å². The molecular weight excluding hydrogens is 288 g/mol. The molecule has 0 bridgehead atoms. The van der Waals surface area contributed by atoms with Gasteiger partial charge in [-0.3, -0.25) is 0 Å². The Bertz CT molecular complexity index is 565. The fourth-order valence-corrected chi connectivity index (χ4v) is 2.41. The summed E-state index contributed by atoms with van der Waals surface area (Å²) in [4.78, 5) is 0. The minimum atomic E-state index is 0.196. The second kappa shape index (κ2) is 8.79. The number of aromatic nitrogens is 3. The Balaban J connectivity index is 1.64. The topological polar surface area (TPSA) is 52.0 Å². The van der Waals surface area contributed by atoms with Gasteiger partial charge in [-0.15, -0.1) is 5.10 Å². The zero-order valence-electron chi connectivity index (χ0n) is 14.5. The molecule has 2 rings (SSSR count). The van der Waals surface area contributed by atoms with E-state index in [1.54, 1.807) is 0 Å². The number of ether oxygens (including phenoxy) is 1. The highest BCUT2D eigenvalue weighted by Gasteiger charge is 2.17. The molecule has 0 spiro atoms. The standard InChI is InChI=1S/C18H28N4O/c1-4-22-17(13-20-21-22)12-19-15-18(2,3)10-11-23-14-16-8-6-5-7-9-16/h5-9,13,19H,4,10-12,14-15H2,1-3H3. The van der Waals surface area contributed by atoms with Crippen LogP contribution in [-0.4, -0.2) is 28.1 Å². The van der Waals surface area contributed by atoms with Crippen molar-refractivity contribution >= 4 is 0 Å². The van der Waals surface area contributed by atoms with Crippen LogP contribution >= 0.6 is 0 Å². The molecule has 0 aliphatic heterocycles. The highest BCUT2D eigenvalue weighted by Crippen LogP contribution is 2.19. The third kappa shape index (κ3) is 6.12. The van der Waals surface area contributed by atoms with Gasteiger partial charge < -0.3 is 10.1 Å². The Morgan fingerprint density at radius 1 is 1.22 bits per heavy atom. The van der Waals surface area contributed by atoms with Crippen molar-refractivity contribution in [1.82, 2.24) is 20.3 Å². The number of rotatable bonds is 10. The van der Waals surface area contributed by atoms with Gasteiger partial charge in [0, 0.05) is 26.2 Å². The number of hydrogen-bond donors (Lipinski definition) is 1. The van der Waals surface area contributed by atoms with Gasteiger partial charge in [0.15, 0.2) is 0 Å². The summed E-state index contributed by atoms with van der Waals surface area (Å²) in [7, 11) is 0. The summed E-state index contributed by atoms with van der Waals surface area (Å²) in [5.74, 6) is 0. The Kier molecular flexibility index (Phi) is 6.74. The summed E-state index contributed by atoms with van der Waals surface area (Å²) in [6.45, 7) is 10.7. The summed E-state index contributed by atoms with van der Waals surface area (Å²) < 4.78 is 7.71. The zero-order valence-corrected chi connectivity index (χ0v) is 14.5. The van der Waals surface area contributed by atoms with Gasteiger partial charge in [-0.2, -0.15) is 0 Å². The molecule has 0 atom stereocenters. The third-order valence-corrected chi connectivity index (χ3v) is 3.94. The predicted molar refractivity (Wildman–Crippen MR) is 91.9 cm³/mol. The number of hydrogen-bond acceptors (Lipinski definition) is 4. The molecule has 0 saturated carbocycles. The average molecular weight is 316 g/mol. The van der Waals surface area contributed by atoms with Crippen LogP contribution in [0.4, 0.5) is 0 Å². The second-order valence-electron chi connectivity index (χ2n) is 6.60. The van der Waals surface area contributed by atoms with Gasteiger partial charge in [-0.25, -0.2) is 4.68 Å². The maximum absolute atomic E-state index is 5.79. The van der Waals surface area contributed by atoms with Crippen LogP contribution in [-0.2, 0) is 24.4 Å². The molecule has 1 N–H and O–H groups in total. The summed E-state index contributed by atoms with van der Waals surface area (Å²) in [6.07, 6.45) is 2.85. The van der Waals surface area contributed by atoms with Crippen molar-refractivity contribution in [2.24, 2.45) is 5.41 Å². The molecule has 1 aromatic carbocycles. The molecule has 0 fully saturated rings. The third-order valence-electron chi connectivity index (χ3n) is 3.94. The monoisotopic (exact) mass is 316 g/mol. The van der Waals surface area contributed by atoms with Crippen molar-refractivity contribution < 1.29 is 4.74 Å². The maximum Gasteiger partial charge on any atom is 0.0738 e.